The van der Waals surface area contributed by atoms with Crippen LogP contribution in [0.4, 0.5) is 0 Å². The molecule has 0 aromatic rings. The quantitative estimate of drug-likeness (QED) is 0.704. The summed E-state index contributed by atoms with van der Waals surface area (Å²) < 4.78 is 0. The average Bonchev–Trinajstić information content (AvgIpc) is 2.09. The summed E-state index contributed by atoms with van der Waals surface area (Å²) in [5.41, 5.74) is 0. The number of hydrogen-bond donors (Lipinski definition) is 0. The fourth-order valence-corrected chi connectivity index (χ4v) is 5.55. The summed E-state index contributed by atoms with van der Waals surface area (Å²) in [6.07, 6.45) is 2.46. The molecule has 0 amide bonds. The van der Waals surface area contributed by atoms with Crippen LogP contribution in [0.5, 0.6) is 0 Å². The van der Waals surface area contributed by atoms with E-state index < -0.39 is 0 Å². The Bertz CT molecular complexity index is 135. The first-order valence-corrected chi connectivity index (χ1v) is 8.05. The summed E-state index contributed by atoms with van der Waals surface area (Å²) >= 11 is 10.2. The molecule has 1 aliphatic rings. The van der Waals surface area contributed by atoms with Gasteiger partial charge in [0.15, 0.2) is 0 Å². The third-order valence-corrected chi connectivity index (χ3v) is 5.83. The van der Waals surface area contributed by atoms with Gasteiger partial charge in [-0.05, 0) is 0 Å². The normalized spacial score (nSPS) is 29.7. The summed E-state index contributed by atoms with van der Waals surface area (Å²) in [5.74, 6) is 2.64. The molecule has 0 nitrogen and oxygen atoms in total. The Hall–Kier alpha value is 1.48. The van der Waals surface area contributed by atoms with E-state index in [1.54, 1.807) is 0 Å². The first-order valence-electron chi connectivity index (χ1n) is 3.97. The zero-order valence-corrected chi connectivity index (χ0v) is 11.8. The molecule has 2 unspecified atom stereocenters. The van der Waals surface area contributed by atoms with Gasteiger partial charge in [-0.3, -0.25) is 0 Å². The van der Waals surface area contributed by atoms with Crippen molar-refractivity contribution in [2.45, 2.75) is 23.3 Å². The van der Waals surface area contributed by atoms with Gasteiger partial charge in [0.2, 0.25) is 0 Å². The fraction of sp³-hybridized carbons (Fsp3) is 0.750. The Labute approximate surface area is 98.7 Å². The van der Waals surface area contributed by atoms with Crippen molar-refractivity contribution in [3.05, 3.63) is 0 Å². The molecule has 68 valence electrons. The van der Waals surface area contributed by atoms with E-state index in [4.69, 9.17) is 0 Å². The Morgan fingerprint density at radius 1 is 1.00 bits per heavy atom. The summed E-state index contributed by atoms with van der Waals surface area (Å²) in [6.45, 7) is 0. The van der Waals surface area contributed by atoms with E-state index in [0.717, 1.165) is 10.5 Å². The van der Waals surface area contributed by atoms with Crippen molar-refractivity contribution in [2.24, 2.45) is 0 Å². The van der Waals surface area contributed by atoms with Gasteiger partial charge >= 0.3 is 99.4 Å². The molecule has 1 rings (SSSR count). The topological polar surface area (TPSA) is 0 Å². The summed E-state index contributed by atoms with van der Waals surface area (Å²) in [6, 6.07) is 0. The molecule has 0 aromatic heterocycles. The van der Waals surface area contributed by atoms with Crippen molar-refractivity contribution in [1.29, 1.82) is 0 Å². The van der Waals surface area contributed by atoms with Gasteiger partial charge in [-0.1, -0.05) is 0 Å². The van der Waals surface area contributed by atoms with Crippen LogP contribution in [0.2, 0.25) is 0 Å². The van der Waals surface area contributed by atoms with Crippen molar-refractivity contribution in [3.63, 3.8) is 0 Å². The molecule has 0 bridgehead atoms. The second-order valence-corrected chi connectivity index (χ2v) is 6.78. The number of thioether (sulfide) groups is 2. The molecule has 2 atom stereocenters. The molecule has 12 heavy (non-hydrogen) atoms. The van der Waals surface area contributed by atoms with Crippen LogP contribution >= 0.6 is 23.5 Å². The van der Waals surface area contributed by atoms with E-state index in [1.807, 2.05) is 0 Å². The third kappa shape index (κ3) is 4.13. The predicted molar refractivity (Wildman–Crippen MR) is 65.4 cm³/mol. The monoisotopic (exact) mass is 332 g/mol. The van der Waals surface area contributed by atoms with E-state index in [0.29, 0.717) is 0 Å². The molecule has 0 radical (unpaired) electrons. The molecular weight excluding hydrogens is 318 g/mol. The van der Waals surface area contributed by atoms with Crippen LogP contribution in [0.3, 0.4) is 0 Å². The van der Waals surface area contributed by atoms with Crippen molar-refractivity contribution in [3.8, 4) is 0 Å². The standard InChI is InChI=1S/C8H12S2Se2/c11-3-1-7-5-10-8(2-4-12)6-9-7/h3-4,7-8H,1-2,5-6H2. The van der Waals surface area contributed by atoms with Crippen LogP contribution in [0, 0.1) is 0 Å². The minimum atomic E-state index is 0.855. The van der Waals surface area contributed by atoms with Gasteiger partial charge in [0.05, 0.1) is 0 Å². The van der Waals surface area contributed by atoms with Gasteiger partial charge < -0.3 is 0 Å². The SMILES string of the molecule is [Se]=CCC1CSC(CC=[Se])CS1. The molecule has 1 saturated heterocycles. The molecule has 0 aliphatic carbocycles. The minimum absolute atomic E-state index is 0.855. The molecule has 0 aromatic carbocycles. The van der Waals surface area contributed by atoms with Gasteiger partial charge in [0.1, 0.15) is 0 Å². The first-order chi connectivity index (χ1) is 5.86. The van der Waals surface area contributed by atoms with Crippen LogP contribution < -0.4 is 0 Å². The van der Waals surface area contributed by atoms with E-state index in [2.05, 4.69) is 64.5 Å². The van der Waals surface area contributed by atoms with Crippen molar-refractivity contribution >= 4 is 64.5 Å². The maximum absolute atomic E-state index is 2.97. The van der Waals surface area contributed by atoms with Gasteiger partial charge in [-0.15, -0.1) is 0 Å². The van der Waals surface area contributed by atoms with Crippen molar-refractivity contribution < 1.29 is 0 Å². The zero-order valence-electron chi connectivity index (χ0n) is 6.77. The number of rotatable bonds is 4. The zero-order chi connectivity index (χ0) is 8.81. The second-order valence-electron chi connectivity index (χ2n) is 2.72. The van der Waals surface area contributed by atoms with E-state index in [9.17, 15) is 0 Å². The van der Waals surface area contributed by atoms with E-state index >= 15 is 0 Å². The maximum atomic E-state index is 2.97. The van der Waals surface area contributed by atoms with E-state index in [-0.39, 0.29) is 0 Å². The Balaban J connectivity index is 2.19. The Morgan fingerprint density at radius 2 is 1.42 bits per heavy atom. The van der Waals surface area contributed by atoms with E-state index in [1.165, 1.54) is 24.3 Å². The molecule has 0 saturated carbocycles. The molecule has 1 aliphatic heterocycles. The summed E-state index contributed by atoms with van der Waals surface area (Å²) in [5, 5.41) is 1.71. The molecule has 0 N–H and O–H groups in total. The molecular formula is C8H12S2Se2. The predicted octanol–water partition coefficient (Wildman–Crippen LogP) is 0.925. The Kier molecular flexibility index (Phi) is 6.61. The van der Waals surface area contributed by atoms with Crippen LogP contribution in [0.1, 0.15) is 12.8 Å². The fourth-order valence-electron chi connectivity index (χ4n) is 1.07. The van der Waals surface area contributed by atoms with Crippen LogP contribution in [0.15, 0.2) is 0 Å². The molecule has 1 fully saturated rings. The van der Waals surface area contributed by atoms with Gasteiger partial charge in [-0.25, -0.2) is 0 Å². The Morgan fingerprint density at radius 3 is 1.67 bits per heavy atom. The van der Waals surface area contributed by atoms with Crippen LogP contribution in [-0.4, -0.2) is 63.0 Å². The average molecular weight is 330 g/mol. The van der Waals surface area contributed by atoms with Crippen LogP contribution in [-0.2, 0) is 0 Å². The second kappa shape index (κ2) is 6.86. The molecule has 1 heterocycles. The van der Waals surface area contributed by atoms with Crippen molar-refractivity contribution in [1.82, 2.24) is 0 Å². The summed E-state index contributed by atoms with van der Waals surface area (Å²) in [4.78, 5) is 4.33. The summed E-state index contributed by atoms with van der Waals surface area (Å²) in [7, 11) is 0. The first kappa shape index (κ1) is 11.6. The van der Waals surface area contributed by atoms with Gasteiger partial charge in [0.25, 0.3) is 0 Å². The molecule has 0 spiro atoms. The van der Waals surface area contributed by atoms with Crippen LogP contribution in [0.25, 0.3) is 0 Å². The number of hydrogen-bond acceptors (Lipinski definition) is 2. The third-order valence-electron chi connectivity index (χ3n) is 1.75. The van der Waals surface area contributed by atoms with Gasteiger partial charge in [-0.2, -0.15) is 0 Å². The molecule has 4 heteroatoms. The van der Waals surface area contributed by atoms with Crippen molar-refractivity contribution in [2.75, 3.05) is 11.5 Å². The van der Waals surface area contributed by atoms with Gasteiger partial charge in [0, 0.05) is 0 Å².